The number of benzene rings is 2. The summed E-state index contributed by atoms with van der Waals surface area (Å²) in [6.45, 7) is 9.37. The van der Waals surface area contributed by atoms with Gasteiger partial charge in [-0.3, -0.25) is 4.79 Å². The predicted molar refractivity (Wildman–Crippen MR) is 130 cm³/mol. The minimum atomic E-state index is -0.617. The third-order valence-corrected chi connectivity index (χ3v) is 6.19. The van der Waals surface area contributed by atoms with E-state index in [1.54, 1.807) is 17.0 Å². The maximum Gasteiger partial charge on any atom is 0.246 e. The number of phenolic OH excluding ortho intramolecular Hbond substituents is 1. The van der Waals surface area contributed by atoms with E-state index in [9.17, 15) is 9.90 Å². The fourth-order valence-electron chi connectivity index (χ4n) is 4.22. The van der Waals surface area contributed by atoms with Gasteiger partial charge in [-0.1, -0.05) is 36.4 Å². The number of anilines is 1. The molecule has 1 N–H and O–H groups in total. The highest BCUT2D eigenvalue weighted by Crippen LogP contribution is 2.43. The molecule has 2 heterocycles. The quantitative estimate of drug-likeness (QED) is 0.550. The van der Waals surface area contributed by atoms with Crippen molar-refractivity contribution in [1.82, 2.24) is 14.9 Å². The van der Waals surface area contributed by atoms with Crippen molar-refractivity contribution >= 4 is 40.3 Å². The lowest BCUT2D eigenvalue weighted by molar-refractivity contribution is -0.126. The van der Waals surface area contributed by atoms with Gasteiger partial charge in [0.1, 0.15) is 23.4 Å². The number of carbonyl (C=O) groups is 1. The SMILES string of the molecule is C=CC(=O)N1CCN(c2ncnc3c(F)c(-c4c(O)ccc(C)c4C=CC)c(Cl)cc23)CC1. The Hall–Kier alpha value is -3.45. The predicted octanol–water partition coefficient (Wildman–Crippen LogP) is 4.97. The molecule has 1 fully saturated rings. The van der Waals surface area contributed by atoms with Crippen LogP contribution in [0.4, 0.5) is 10.2 Å². The normalized spacial score (nSPS) is 14.3. The number of allylic oxidation sites excluding steroid dienone is 1. The van der Waals surface area contributed by atoms with Gasteiger partial charge in [-0.2, -0.15) is 0 Å². The zero-order chi connectivity index (χ0) is 23.7. The van der Waals surface area contributed by atoms with E-state index in [-0.39, 0.29) is 27.8 Å². The maximum atomic E-state index is 15.9. The van der Waals surface area contributed by atoms with Crippen LogP contribution >= 0.6 is 11.6 Å². The first kappa shape index (κ1) is 22.7. The monoisotopic (exact) mass is 466 g/mol. The minimum Gasteiger partial charge on any atom is -0.507 e. The molecule has 6 nitrogen and oxygen atoms in total. The average Bonchev–Trinajstić information content (AvgIpc) is 2.82. The first-order valence-corrected chi connectivity index (χ1v) is 11.0. The molecule has 0 unspecified atom stereocenters. The molecule has 1 aromatic heterocycles. The fourth-order valence-corrected chi connectivity index (χ4v) is 4.51. The van der Waals surface area contributed by atoms with Gasteiger partial charge in [-0.05, 0) is 43.2 Å². The molecular formula is C25H24ClFN4O2. The Morgan fingerprint density at radius 3 is 2.61 bits per heavy atom. The molecule has 0 spiro atoms. The van der Waals surface area contributed by atoms with Crippen molar-refractivity contribution in [1.29, 1.82) is 0 Å². The van der Waals surface area contributed by atoms with Crippen LogP contribution in [0, 0.1) is 12.7 Å². The number of piperazine rings is 1. The lowest BCUT2D eigenvalue weighted by atomic mass is 9.93. The van der Waals surface area contributed by atoms with E-state index in [4.69, 9.17) is 11.6 Å². The van der Waals surface area contributed by atoms with Crippen molar-refractivity contribution in [3.05, 3.63) is 65.2 Å². The number of aryl methyl sites for hydroxylation is 1. The number of hydrogen-bond acceptors (Lipinski definition) is 5. The van der Waals surface area contributed by atoms with Crippen LogP contribution < -0.4 is 4.90 Å². The summed E-state index contributed by atoms with van der Waals surface area (Å²) in [5.41, 5.74) is 2.12. The smallest absolute Gasteiger partial charge is 0.246 e. The van der Waals surface area contributed by atoms with Crippen LogP contribution in [-0.4, -0.2) is 52.1 Å². The molecule has 0 radical (unpaired) electrons. The summed E-state index contributed by atoms with van der Waals surface area (Å²) in [6.07, 6.45) is 6.27. The van der Waals surface area contributed by atoms with Gasteiger partial charge in [0.2, 0.25) is 5.91 Å². The highest BCUT2D eigenvalue weighted by molar-refractivity contribution is 6.34. The minimum absolute atomic E-state index is 0.0638. The summed E-state index contributed by atoms with van der Waals surface area (Å²) in [4.78, 5) is 24.2. The Kier molecular flexibility index (Phi) is 6.33. The van der Waals surface area contributed by atoms with E-state index in [0.29, 0.717) is 48.5 Å². The Labute approximate surface area is 196 Å². The lowest BCUT2D eigenvalue weighted by Crippen LogP contribution is -2.48. The molecule has 33 heavy (non-hydrogen) atoms. The second kappa shape index (κ2) is 9.19. The molecule has 8 heteroatoms. The third kappa shape index (κ3) is 4.04. The number of carbonyl (C=O) groups excluding carboxylic acids is 1. The summed E-state index contributed by atoms with van der Waals surface area (Å²) >= 11 is 6.62. The van der Waals surface area contributed by atoms with Crippen LogP contribution in [0.2, 0.25) is 5.02 Å². The molecule has 1 amide bonds. The van der Waals surface area contributed by atoms with Crippen LogP contribution in [-0.2, 0) is 4.79 Å². The molecule has 1 saturated heterocycles. The summed E-state index contributed by atoms with van der Waals surface area (Å²) in [6, 6.07) is 4.96. The molecule has 170 valence electrons. The molecule has 1 aliphatic heterocycles. The number of hydrogen-bond donors (Lipinski definition) is 1. The largest absolute Gasteiger partial charge is 0.507 e. The van der Waals surface area contributed by atoms with E-state index in [0.717, 1.165) is 5.56 Å². The number of phenols is 1. The van der Waals surface area contributed by atoms with Gasteiger partial charge in [-0.15, -0.1) is 0 Å². The lowest BCUT2D eigenvalue weighted by Gasteiger charge is -2.35. The van der Waals surface area contributed by atoms with E-state index in [2.05, 4.69) is 16.5 Å². The van der Waals surface area contributed by atoms with Gasteiger partial charge in [-0.25, -0.2) is 14.4 Å². The molecule has 0 atom stereocenters. The molecule has 4 rings (SSSR count). The number of aromatic hydroxyl groups is 1. The third-order valence-electron chi connectivity index (χ3n) is 5.89. The van der Waals surface area contributed by atoms with Crippen molar-refractivity contribution in [2.24, 2.45) is 0 Å². The number of nitrogens with zero attached hydrogens (tertiary/aromatic N) is 4. The number of fused-ring (bicyclic) bond motifs is 1. The summed E-state index contributed by atoms with van der Waals surface area (Å²) < 4.78 is 15.9. The second-order valence-electron chi connectivity index (χ2n) is 7.85. The molecule has 0 aliphatic carbocycles. The second-order valence-corrected chi connectivity index (χ2v) is 8.25. The van der Waals surface area contributed by atoms with Crippen LogP contribution in [0.5, 0.6) is 5.75 Å². The van der Waals surface area contributed by atoms with Crippen LogP contribution in [0.3, 0.4) is 0 Å². The number of halogens is 2. The summed E-state index contributed by atoms with van der Waals surface area (Å²) in [5.74, 6) is -0.240. The van der Waals surface area contributed by atoms with Crippen LogP contribution in [0.15, 0.2) is 43.3 Å². The highest BCUT2D eigenvalue weighted by Gasteiger charge is 2.26. The Morgan fingerprint density at radius 2 is 1.94 bits per heavy atom. The molecule has 2 aromatic carbocycles. The topological polar surface area (TPSA) is 69.6 Å². The average molecular weight is 467 g/mol. The molecule has 0 saturated carbocycles. The van der Waals surface area contributed by atoms with Gasteiger partial charge >= 0.3 is 0 Å². The Balaban J connectivity index is 1.84. The fraction of sp³-hybridized carbons (Fsp3) is 0.240. The van der Waals surface area contributed by atoms with Crippen molar-refractivity contribution in [2.45, 2.75) is 13.8 Å². The molecular weight excluding hydrogens is 443 g/mol. The van der Waals surface area contributed by atoms with Crippen molar-refractivity contribution in [3.63, 3.8) is 0 Å². The number of aromatic nitrogens is 2. The van der Waals surface area contributed by atoms with Crippen molar-refractivity contribution < 1.29 is 14.3 Å². The Morgan fingerprint density at radius 1 is 1.21 bits per heavy atom. The summed E-state index contributed by atoms with van der Waals surface area (Å²) in [7, 11) is 0. The van der Waals surface area contributed by atoms with Crippen molar-refractivity contribution in [3.8, 4) is 16.9 Å². The van der Waals surface area contributed by atoms with E-state index >= 15 is 4.39 Å². The standard InChI is InChI=1S/C25H24ClFN4O2/c1-4-6-16-15(3)7-8-19(32)21(16)22-18(26)13-17-24(23(22)27)28-14-29-25(17)31-11-9-30(10-12-31)20(33)5-2/h4-8,13-14,32H,2,9-12H2,1,3H3. The van der Waals surface area contributed by atoms with Crippen molar-refractivity contribution in [2.75, 3.05) is 31.1 Å². The van der Waals surface area contributed by atoms with Crippen LogP contribution in [0.1, 0.15) is 18.1 Å². The van der Waals surface area contributed by atoms with E-state index in [1.165, 1.54) is 18.5 Å². The number of amides is 1. The molecule has 3 aromatic rings. The zero-order valence-corrected chi connectivity index (χ0v) is 19.2. The van der Waals surface area contributed by atoms with Gasteiger partial charge in [0.25, 0.3) is 0 Å². The number of rotatable bonds is 4. The van der Waals surface area contributed by atoms with Gasteiger partial charge in [0.15, 0.2) is 5.82 Å². The molecule has 1 aliphatic rings. The maximum absolute atomic E-state index is 15.9. The molecule has 0 bridgehead atoms. The van der Waals surface area contributed by atoms with Crippen LogP contribution in [0.25, 0.3) is 28.1 Å². The van der Waals surface area contributed by atoms with Gasteiger partial charge in [0, 0.05) is 42.7 Å². The Bertz CT molecular complexity index is 1280. The summed E-state index contributed by atoms with van der Waals surface area (Å²) in [5, 5.41) is 11.3. The van der Waals surface area contributed by atoms with Gasteiger partial charge in [0.05, 0.1) is 5.02 Å². The first-order valence-electron chi connectivity index (χ1n) is 10.6. The highest BCUT2D eigenvalue weighted by atomic mass is 35.5. The first-order chi connectivity index (χ1) is 15.9. The van der Waals surface area contributed by atoms with E-state index < -0.39 is 5.82 Å². The van der Waals surface area contributed by atoms with Gasteiger partial charge < -0.3 is 14.9 Å². The zero-order valence-electron chi connectivity index (χ0n) is 18.5. The van der Waals surface area contributed by atoms with E-state index in [1.807, 2.05) is 30.9 Å².